The van der Waals surface area contributed by atoms with Gasteiger partial charge in [-0.15, -0.1) is 0 Å². The van der Waals surface area contributed by atoms with Crippen LogP contribution in [-0.4, -0.2) is 34.5 Å². The maximum atomic E-state index is 9.28. The zero-order valence-corrected chi connectivity index (χ0v) is 9.24. The van der Waals surface area contributed by atoms with Crippen molar-refractivity contribution >= 4 is 0 Å². The summed E-state index contributed by atoms with van der Waals surface area (Å²) < 4.78 is 0. The van der Waals surface area contributed by atoms with E-state index in [-0.39, 0.29) is 12.2 Å². The Bertz CT molecular complexity index is 143. The van der Waals surface area contributed by atoms with E-state index in [2.05, 4.69) is 5.32 Å². The third-order valence-corrected chi connectivity index (χ3v) is 2.83. The van der Waals surface area contributed by atoms with E-state index < -0.39 is 0 Å². The summed E-state index contributed by atoms with van der Waals surface area (Å²) in [6.07, 6.45) is 4.73. The molecule has 1 fully saturated rings. The maximum Gasteiger partial charge on any atom is 0.0526 e. The molecule has 0 bridgehead atoms. The van der Waals surface area contributed by atoms with E-state index in [0.29, 0.717) is 12.1 Å². The molecule has 0 aromatic rings. The predicted molar refractivity (Wildman–Crippen MR) is 57.2 cm³/mol. The van der Waals surface area contributed by atoms with E-state index in [0.717, 1.165) is 25.7 Å². The van der Waals surface area contributed by atoms with E-state index in [1.807, 2.05) is 13.8 Å². The monoisotopic (exact) mass is 201 g/mol. The maximum absolute atomic E-state index is 9.28. The molecule has 3 heteroatoms. The largest absolute Gasteiger partial charge is 0.393 e. The summed E-state index contributed by atoms with van der Waals surface area (Å²) in [4.78, 5) is 0. The van der Waals surface area contributed by atoms with Gasteiger partial charge in [-0.1, -0.05) is 6.42 Å². The minimum atomic E-state index is -0.224. The Balaban J connectivity index is 2.28. The lowest BCUT2D eigenvalue weighted by atomic mass is 9.92. The first kappa shape index (κ1) is 12.0. The van der Waals surface area contributed by atoms with E-state index in [9.17, 15) is 10.2 Å². The van der Waals surface area contributed by atoms with Gasteiger partial charge in [0, 0.05) is 12.1 Å². The number of hydrogen-bond donors (Lipinski definition) is 3. The second-order valence-electron chi connectivity index (χ2n) is 4.66. The van der Waals surface area contributed by atoms with Crippen molar-refractivity contribution in [1.82, 2.24) is 5.32 Å². The van der Waals surface area contributed by atoms with Gasteiger partial charge in [-0.05, 0) is 39.5 Å². The van der Waals surface area contributed by atoms with Crippen molar-refractivity contribution in [2.45, 2.75) is 70.2 Å². The van der Waals surface area contributed by atoms with Crippen LogP contribution in [0, 0.1) is 0 Å². The summed E-state index contributed by atoms with van der Waals surface area (Å²) >= 11 is 0. The van der Waals surface area contributed by atoms with Crippen LogP contribution in [0.1, 0.15) is 46.0 Å². The number of piperidine rings is 1. The van der Waals surface area contributed by atoms with Crippen LogP contribution in [0.3, 0.4) is 0 Å². The fourth-order valence-electron chi connectivity index (χ4n) is 2.31. The first-order valence-corrected chi connectivity index (χ1v) is 5.70. The first-order chi connectivity index (χ1) is 6.58. The average molecular weight is 201 g/mol. The number of aliphatic hydroxyl groups is 2. The Morgan fingerprint density at radius 2 is 1.50 bits per heavy atom. The van der Waals surface area contributed by atoms with E-state index in [4.69, 9.17) is 0 Å². The van der Waals surface area contributed by atoms with Gasteiger partial charge in [-0.3, -0.25) is 0 Å². The molecule has 3 N–H and O–H groups in total. The van der Waals surface area contributed by atoms with Crippen molar-refractivity contribution in [3.63, 3.8) is 0 Å². The van der Waals surface area contributed by atoms with Gasteiger partial charge in [-0.2, -0.15) is 0 Å². The van der Waals surface area contributed by atoms with Gasteiger partial charge in [0.1, 0.15) is 0 Å². The van der Waals surface area contributed by atoms with Crippen LogP contribution in [0.15, 0.2) is 0 Å². The Morgan fingerprint density at radius 3 is 1.86 bits per heavy atom. The number of aliphatic hydroxyl groups excluding tert-OH is 2. The van der Waals surface area contributed by atoms with Gasteiger partial charge < -0.3 is 15.5 Å². The zero-order valence-electron chi connectivity index (χ0n) is 9.24. The lowest BCUT2D eigenvalue weighted by molar-refractivity contribution is 0.130. The summed E-state index contributed by atoms with van der Waals surface area (Å²) in [6.45, 7) is 3.67. The highest BCUT2D eigenvalue weighted by atomic mass is 16.3. The van der Waals surface area contributed by atoms with Crippen molar-refractivity contribution in [3.05, 3.63) is 0 Å². The highest BCUT2D eigenvalue weighted by Crippen LogP contribution is 2.19. The Hall–Kier alpha value is -0.120. The Kier molecular flexibility index (Phi) is 4.85. The molecule has 1 aliphatic rings. The molecule has 0 aromatic heterocycles. The molecule has 14 heavy (non-hydrogen) atoms. The van der Waals surface area contributed by atoms with Gasteiger partial charge in [0.25, 0.3) is 0 Å². The number of hydrogen-bond acceptors (Lipinski definition) is 3. The molecule has 4 unspecified atom stereocenters. The third-order valence-electron chi connectivity index (χ3n) is 2.83. The minimum Gasteiger partial charge on any atom is -0.393 e. The van der Waals surface area contributed by atoms with Crippen molar-refractivity contribution in [2.75, 3.05) is 0 Å². The highest BCUT2D eigenvalue weighted by Gasteiger charge is 2.22. The van der Waals surface area contributed by atoms with E-state index in [1.165, 1.54) is 6.42 Å². The Morgan fingerprint density at radius 1 is 1.07 bits per heavy atom. The molecular formula is C11H23NO2. The molecule has 1 heterocycles. The molecule has 0 spiro atoms. The van der Waals surface area contributed by atoms with Crippen LogP contribution in [0.4, 0.5) is 0 Å². The number of nitrogens with one attached hydrogen (secondary N) is 1. The van der Waals surface area contributed by atoms with Gasteiger partial charge >= 0.3 is 0 Å². The average Bonchev–Trinajstić information content (AvgIpc) is 2.01. The second kappa shape index (κ2) is 5.69. The van der Waals surface area contributed by atoms with Crippen LogP contribution < -0.4 is 5.32 Å². The molecule has 0 saturated carbocycles. The molecule has 1 rings (SSSR count). The molecular weight excluding hydrogens is 178 g/mol. The topological polar surface area (TPSA) is 52.5 Å². The quantitative estimate of drug-likeness (QED) is 0.637. The van der Waals surface area contributed by atoms with Crippen LogP contribution in [-0.2, 0) is 0 Å². The lowest BCUT2D eigenvalue weighted by Gasteiger charge is -2.32. The zero-order chi connectivity index (χ0) is 10.6. The van der Waals surface area contributed by atoms with Gasteiger partial charge in [0.05, 0.1) is 12.2 Å². The highest BCUT2D eigenvalue weighted by molar-refractivity contribution is 4.82. The third kappa shape index (κ3) is 4.40. The molecule has 0 aromatic carbocycles. The summed E-state index contributed by atoms with van der Waals surface area (Å²) in [6, 6.07) is 0.875. The SMILES string of the molecule is CC(O)CC1CCCC(CC(C)O)N1. The van der Waals surface area contributed by atoms with Crippen LogP contribution >= 0.6 is 0 Å². The second-order valence-corrected chi connectivity index (χ2v) is 4.66. The van der Waals surface area contributed by atoms with Crippen LogP contribution in [0.25, 0.3) is 0 Å². The normalized spacial score (nSPS) is 32.6. The van der Waals surface area contributed by atoms with Crippen molar-refractivity contribution in [3.8, 4) is 0 Å². The van der Waals surface area contributed by atoms with E-state index in [1.54, 1.807) is 0 Å². The van der Waals surface area contributed by atoms with Gasteiger partial charge in [-0.25, -0.2) is 0 Å². The summed E-state index contributed by atoms with van der Waals surface area (Å²) in [5, 5.41) is 22.1. The minimum absolute atomic E-state index is 0.224. The molecule has 0 aliphatic carbocycles. The van der Waals surface area contributed by atoms with Crippen molar-refractivity contribution in [2.24, 2.45) is 0 Å². The molecule has 0 amide bonds. The van der Waals surface area contributed by atoms with Crippen molar-refractivity contribution in [1.29, 1.82) is 0 Å². The lowest BCUT2D eigenvalue weighted by Crippen LogP contribution is -2.44. The summed E-state index contributed by atoms with van der Waals surface area (Å²) in [7, 11) is 0. The van der Waals surface area contributed by atoms with Gasteiger partial charge in [0.2, 0.25) is 0 Å². The Labute approximate surface area is 86.5 Å². The molecule has 84 valence electrons. The predicted octanol–water partition coefficient (Wildman–Crippen LogP) is 1.04. The van der Waals surface area contributed by atoms with Gasteiger partial charge in [0.15, 0.2) is 0 Å². The fourth-order valence-corrected chi connectivity index (χ4v) is 2.31. The first-order valence-electron chi connectivity index (χ1n) is 5.70. The molecule has 4 atom stereocenters. The van der Waals surface area contributed by atoms with E-state index >= 15 is 0 Å². The smallest absolute Gasteiger partial charge is 0.0526 e. The summed E-state index contributed by atoms with van der Waals surface area (Å²) in [5.74, 6) is 0. The molecule has 1 saturated heterocycles. The molecule has 0 radical (unpaired) electrons. The standard InChI is InChI=1S/C11H23NO2/c1-8(13)6-10-4-3-5-11(12-10)7-9(2)14/h8-14H,3-7H2,1-2H3. The van der Waals surface area contributed by atoms with Crippen LogP contribution in [0.2, 0.25) is 0 Å². The number of rotatable bonds is 4. The molecule has 1 aliphatic heterocycles. The summed E-state index contributed by atoms with van der Waals surface area (Å²) in [5.41, 5.74) is 0. The van der Waals surface area contributed by atoms with Crippen LogP contribution in [0.5, 0.6) is 0 Å². The molecule has 3 nitrogen and oxygen atoms in total. The van der Waals surface area contributed by atoms with Crippen molar-refractivity contribution < 1.29 is 10.2 Å². The fraction of sp³-hybridized carbons (Fsp3) is 1.00.